The van der Waals surface area contributed by atoms with Crippen LogP contribution >= 0.6 is 0 Å². The van der Waals surface area contributed by atoms with Gasteiger partial charge >= 0.3 is 0 Å². The van der Waals surface area contributed by atoms with Crippen molar-refractivity contribution in [1.29, 1.82) is 0 Å². The van der Waals surface area contributed by atoms with Crippen molar-refractivity contribution in [2.75, 3.05) is 33.2 Å². The Morgan fingerprint density at radius 3 is 2.38 bits per heavy atom. The Bertz CT molecular complexity index is 1700. The quantitative estimate of drug-likeness (QED) is 0.264. The van der Waals surface area contributed by atoms with Crippen molar-refractivity contribution in [3.63, 3.8) is 0 Å². The molecule has 0 radical (unpaired) electrons. The third-order valence-corrected chi connectivity index (χ3v) is 7.24. The molecular weight excluding hydrogens is 544 g/mol. The predicted molar refractivity (Wildman–Crippen MR) is 144 cm³/mol. The Kier molecular flexibility index (Phi) is 7.40. The number of aryl methyl sites for hydroxylation is 1. The molecule has 0 bridgehead atoms. The smallest absolute Gasteiger partial charge is 0.203 e. The number of hydrogen-bond donors (Lipinski definition) is 0. The lowest BCUT2D eigenvalue weighted by Crippen LogP contribution is -2.27. The van der Waals surface area contributed by atoms with E-state index in [2.05, 4.69) is 25.0 Å². The molecular formula is C25H25F2N9O3S. The standard InChI is InChI=1S/C25H25F2N9O3S/c1-33(2)40(37)36-9-8-28-21(36)14-35(24-22(26)18(38-4)10-19(39-5)23(24)27)20-7-6-16-25(32-20)31-17(12-29-16)15-11-30-34(3)13-15/h6-13H,14H2,1-5H3. The molecule has 0 saturated heterocycles. The Morgan fingerprint density at radius 1 is 1.02 bits per heavy atom. The molecule has 0 N–H and O–H groups in total. The number of anilines is 2. The lowest BCUT2D eigenvalue weighted by Gasteiger charge is -2.26. The van der Waals surface area contributed by atoms with E-state index in [1.54, 1.807) is 56.5 Å². The minimum atomic E-state index is -1.64. The summed E-state index contributed by atoms with van der Waals surface area (Å²) in [7, 11) is 7.58. The molecule has 0 spiro atoms. The first kappa shape index (κ1) is 27.1. The van der Waals surface area contributed by atoms with Gasteiger partial charge in [0.05, 0.1) is 38.9 Å². The number of methoxy groups -OCH3 is 2. The van der Waals surface area contributed by atoms with E-state index < -0.39 is 28.5 Å². The lowest BCUT2D eigenvalue weighted by molar-refractivity contribution is 0.358. The minimum absolute atomic E-state index is 0.128. The molecule has 4 heterocycles. The van der Waals surface area contributed by atoms with Crippen molar-refractivity contribution in [3.05, 3.63) is 66.6 Å². The molecule has 1 unspecified atom stereocenters. The van der Waals surface area contributed by atoms with Gasteiger partial charge in [0.15, 0.2) is 28.8 Å². The van der Waals surface area contributed by atoms with Gasteiger partial charge in [-0.25, -0.2) is 36.2 Å². The summed E-state index contributed by atoms with van der Waals surface area (Å²) >= 11 is -1.64. The summed E-state index contributed by atoms with van der Waals surface area (Å²) in [4.78, 5) is 19.2. The number of fused-ring (bicyclic) bond motifs is 1. The summed E-state index contributed by atoms with van der Waals surface area (Å²) in [6, 6.07) is 4.32. The van der Waals surface area contributed by atoms with Crippen molar-refractivity contribution < 1.29 is 22.5 Å². The molecule has 4 aromatic heterocycles. The van der Waals surface area contributed by atoms with E-state index in [-0.39, 0.29) is 35.3 Å². The molecule has 5 rings (SSSR count). The molecule has 5 aromatic rings. The number of ether oxygens (including phenoxy) is 2. The average Bonchev–Trinajstić information content (AvgIpc) is 3.60. The number of nitrogens with zero attached hydrogens (tertiary/aromatic N) is 9. The van der Waals surface area contributed by atoms with E-state index in [0.29, 0.717) is 11.2 Å². The number of halogens is 2. The summed E-state index contributed by atoms with van der Waals surface area (Å²) in [6.07, 6.45) is 7.99. The van der Waals surface area contributed by atoms with Crippen molar-refractivity contribution in [1.82, 2.24) is 38.0 Å². The van der Waals surface area contributed by atoms with Crippen LogP contribution in [0.3, 0.4) is 0 Å². The van der Waals surface area contributed by atoms with Crippen LogP contribution in [0.2, 0.25) is 0 Å². The summed E-state index contributed by atoms with van der Waals surface area (Å²) in [5.41, 5.74) is 1.46. The van der Waals surface area contributed by atoms with Crippen LogP contribution in [-0.4, -0.2) is 70.5 Å². The van der Waals surface area contributed by atoms with Gasteiger partial charge in [0.25, 0.3) is 0 Å². The summed E-state index contributed by atoms with van der Waals surface area (Å²) in [5.74, 6) is -2.06. The first-order chi connectivity index (χ1) is 19.2. The molecule has 12 nitrogen and oxygen atoms in total. The Balaban J connectivity index is 1.70. The third-order valence-electron chi connectivity index (χ3n) is 5.95. The van der Waals surface area contributed by atoms with E-state index in [9.17, 15) is 4.21 Å². The molecule has 15 heteroatoms. The average molecular weight is 570 g/mol. The molecule has 0 aliphatic carbocycles. The highest BCUT2D eigenvalue weighted by atomic mass is 32.2. The van der Waals surface area contributed by atoms with E-state index in [0.717, 1.165) is 11.6 Å². The fourth-order valence-corrected chi connectivity index (χ4v) is 4.80. The normalized spacial score (nSPS) is 12.2. The number of pyridine rings is 1. The van der Waals surface area contributed by atoms with Crippen LogP contribution < -0.4 is 14.4 Å². The van der Waals surface area contributed by atoms with Crippen molar-refractivity contribution in [3.8, 4) is 22.8 Å². The van der Waals surface area contributed by atoms with Gasteiger partial charge in [-0.05, 0) is 12.1 Å². The van der Waals surface area contributed by atoms with E-state index >= 15 is 8.78 Å². The Labute approximate surface area is 230 Å². The maximum Gasteiger partial charge on any atom is 0.203 e. The third kappa shape index (κ3) is 4.96. The highest BCUT2D eigenvalue weighted by molar-refractivity contribution is 7.81. The second-order valence-electron chi connectivity index (χ2n) is 8.73. The van der Waals surface area contributed by atoms with Crippen LogP contribution in [0.1, 0.15) is 5.82 Å². The molecule has 0 fully saturated rings. The fraction of sp³-hybridized carbons (Fsp3) is 0.240. The largest absolute Gasteiger partial charge is 0.493 e. The number of benzene rings is 1. The zero-order valence-corrected chi connectivity index (χ0v) is 23.1. The Hall–Kier alpha value is -4.50. The van der Waals surface area contributed by atoms with Crippen molar-refractivity contribution in [2.24, 2.45) is 7.05 Å². The first-order valence-corrected chi connectivity index (χ1v) is 12.9. The molecule has 1 atom stereocenters. The minimum Gasteiger partial charge on any atom is -0.493 e. The number of rotatable bonds is 9. The monoisotopic (exact) mass is 569 g/mol. The van der Waals surface area contributed by atoms with Gasteiger partial charge in [-0.2, -0.15) is 5.10 Å². The van der Waals surface area contributed by atoms with Crippen molar-refractivity contribution in [2.45, 2.75) is 6.54 Å². The molecule has 1 aromatic carbocycles. The number of hydrogen-bond acceptors (Lipinski definition) is 9. The molecule has 0 amide bonds. The van der Waals surface area contributed by atoms with E-state index in [1.807, 2.05) is 0 Å². The van der Waals surface area contributed by atoms with Crippen LogP contribution in [0.15, 0.2) is 49.2 Å². The van der Waals surface area contributed by atoms with Crippen molar-refractivity contribution >= 4 is 33.8 Å². The zero-order chi connectivity index (χ0) is 28.6. The molecule has 40 heavy (non-hydrogen) atoms. The SMILES string of the molecule is COc1cc(OC)c(F)c(N(Cc2nccn2S(=O)N(C)C)c2ccc3ncc(-c4cnn(C)c4)nc3n2)c1F. The molecule has 0 aliphatic rings. The molecule has 0 aliphatic heterocycles. The summed E-state index contributed by atoms with van der Waals surface area (Å²) in [6.45, 7) is -0.217. The van der Waals surface area contributed by atoms with Crippen LogP contribution in [0, 0.1) is 11.6 Å². The second kappa shape index (κ2) is 10.9. The van der Waals surface area contributed by atoms with E-state index in [4.69, 9.17) is 9.47 Å². The van der Waals surface area contributed by atoms with Gasteiger partial charge in [-0.1, -0.05) is 0 Å². The van der Waals surface area contributed by atoms with E-state index in [1.165, 1.54) is 39.8 Å². The zero-order valence-electron chi connectivity index (χ0n) is 22.2. The highest BCUT2D eigenvalue weighted by Crippen LogP contribution is 2.40. The van der Waals surface area contributed by atoms with Crippen LogP contribution in [-0.2, 0) is 24.8 Å². The van der Waals surface area contributed by atoms with Crippen LogP contribution in [0.25, 0.3) is 22.4 Å². The topological polar surface area (TPSA) is 116 Å². The van der Waals surface area contributed by atoms with Crippen LogP contribution in [0.5, 0.6) is 11.5 Å². The maximum absolute atomic E-state index is 15.8. The molecule has 0 saturated carbocycles. The summed E-state index contributed by atoms with van der Waals surface area (Å²) < 4.78 is 59.2. The summed E-state index contributed by atoms with van der Waals surface area (Å²) in [5, 5.41) is 4.16. The highest BCUT2D eigenvalue weighted by Gasteiger charge is 2.29. The van der Waals surface area contributed by atoms with Gasteiger partial charge < -0.3 is 14.4 Å². The van der Waals surface area contributed by atoms with Gasteiger partial charge in [-0.3, -0.25) is 9.67 Å². The Morgan fingerprint density at radius 2 is 1.75 bits per heavy atom. The first-order valence-electron chi connectivity index (χ1n) is 11.8. The molecule has 208 valence electrons. The van der Waals surface area contributed by atoms with Gasteiger partial charge in [0.2, 0.25) is 11.2 Å². The van der Waals surface area contributed by atoms with Gasteiger partial charge in [0.1, 0.15) is 22.8 Å². The van der Waals surface area contributed by atoms with Gasteiger partial charge in [0, 0.05) is 51.4 Å². The number of imidazole rings is 1. The second-order valence-corrected chi connectivity index (χ2v) is 10.3. The van der Waals surface area contributed by atoms with Gasteiger partial charge in [-0.15, -0.1) is 0 Å². The lowest BCUT2D eigenvalue weighted by atomic mass is 10.2. The fourth-order valence-electron chi connectivity index (χ4n) is 4.01. The number of aromatic nitrogens is 7. The maximum atomic E-state index is 15.8. The predicted octanol–water partition coefficient (Wildman–Crippen LogP) is 3.24. The van der Waals surface area contributed by atoms with Crippen LogP contribution in [0.4, 0.5) is 20.3 Å².